The van der Waals surface area contributed by atoms with Crippen LogP contribution in [-0.2, 0) is 25.6 Å². The predicted octanol–water partition coefficient (Wildman–Crippen LogP) is 1.07. The van der Waals surface area contributed by atoms with E-state index < -0.39 is 11.9 Å². The molecule has 0 heterocycles. The fourth-order valence-electron chi connectivity index (χ4n) is 1.61. The van der Waals surface area contributed by atoms with Gasteiger partial charge in [-0.25, -0.2) is 0 Å². The van der Waals surface area contributed by atoms with Crippen LogP contribution in [0.15, 0.2) is 18.2 Å². The minimum absolute atomic E-state index is 0.0341. The molecule has 0 aliphatic carbocycles. The number of nitrogens with two attached hydrogens (primary N) is 1. The van der Waals surface area contributed by atoms with Gasteiger partial charge in [-0.05, 0) is 17.7 Å². The van der Waals surface area contributed by atoms with Gasteiger partial charge >= 0.3 is 11.9 Å². The summed E-state index contributed by atoms with van der Waals surface area (Å²) >= 11 is 5.83. The summed E-state index contributed by atoms with van der Waals surface area (Å²) in [5, 5.41) is 0.527. The number of halogens is 1. The van der Waals surface area contributed by atoms with Crippen LogP contribution in [0.5, 0.6) is 0 Å². The van der Waals surface area contributed by atoms with Crippen LogP contribution in [0, 0.1) is 0 Å². The molecular weight excluding hydrogens is 284 g/mol. The second-order valence-corrected chi connectivity index (χ2v) is 4.58. The Bertz CT molecular complexity index is 475. The Morgan fingerprint density at radius 3 is 2.20 bits per heavy atom. The predicted molar refractivity (Wildman–Crippen MR) is 75.2 cm³/mol. The summed E-state index contributed by atoms with van der Waals surface area (Å²) in [6.45, 7) is 0.245. The second-order valence-electron chi connectivity index (χ2n) is 4.14. The van der Waals surface area contributed by atoms with Gasteiger partial charge in [-0.3, -0.25) is 14.5 Å². The molecule has 0 aliphatic rings. The fourth-order valence-corrected chi connectivity index (χ4v) is 1.79. The van der Waals surface area contributed by atoms with Crippen molar-refractivity contribution in [1.29, 1.82) is 0 Å². The molecule has 1 rings (SSSR count). The number of ether oxygens (including phenoxy) is 2. The highest BCUT2D eigenvalue weighted by atomic mass is 35.5. The monoisotopic (exact) mass is 300 g/mol. The number of benzene rings is 1. The summed E-state index contributed by atoms with van der Waals surface area (Å²) in [5.41, 5.74) is 7.12. The molecule has 0 saturated heterocycles. The van der Waals surface area contributed by atoms with E-state index in [1.165, 1.54) is 14.2 Å². The molecular formula is C13H17ClN2O4. The van der Waals surface area contributed by atoms with Crippen molar-refractivity contribution in [3.05, 3.63) is 28.8 Å². The van der Waals surface area contributed by atoms with Crippen LogP contribution in [0.2, 0.25) is 5.02 Å². The van der Waals surface area contributed by atoms with E-state index in [4.69, 9.17) is 17.3 Å². The summed E-state index contributed by atoms with van der Waals surface area (Å²) in [5.74, 6) is -0.886. The van der Waals surface area contributed by atoms with Gasteiger partial charge in [0.25, 0.3) is 0 Å². The normalized spacial score (nSPS) is 10.4. The Morgan fingerprint density at radius 2 is 1.75 bits per heavy atom. The molecule has 1 aromatic rings. The molecule has 110 valence electrons. The van der Waals surface area contributed by atoms with Gasteiger partial charge < -0.3 is 15.2 Å². The molecule has 0 saturated carbocycles. The zero-order valence-electron chi connectivity index (χ0n) is 11.4. The number of carbonyl (C=O) groups excluding carboxylic acids is 2. The number of hydrogen-bond acceptors (Lipinski definition) is 6. The summed E-state index contributed by atoms with van der Waals surface area (Å²) in [6.07, 6.45) is 0. The molecule has 0 atom stereocenters. The Labute approximate surface area is 122 Å². The third-order valence-electron chi connectivity index (χ3n) is 2.66. The van der Waals surface area contributed by atoms with E-state index in [1.54, 1.807) is 23.1 Å². The first-order valence-electron chi connectivity index (χ1n) is 5.86. The average Bonchev–Trinajstić information content (AvgIpc) is 2.41. The number of anilines is 1. The molecule has 0 radical (unpaired) electrons. The van der Waals surface area contributed by atoms with Crippen LogP contribution in [0.3, 0.4) is 0 Å². The van der Waals surface area contributed by atoms with Crippen molar-refractivity contribution < 1.29 is 19.1 Å². The van der Waals surface area contributed by atoms with Gasteiger partial charge in [-0.1, -0.05) is 17.7 Å². The molecule has 0 aliphatic heterocycles. The molecule has 1 aromatic carbocycles. The molecule has 6 nitrogen and oxygen atoms in total. The topological polar surface area (TPSA) is 81.9 Å². The van der Waals surface area contributed by atoms with Gasteiger partial charge in [0.15, 0.2) is 0 Å². The Balaban J connectivity index is 2.81. The van der Waals surface area contributed by atoms with Crippen LogP contribution in [0.1, 0.15) is 5.56 Å². The number of hydrogen-bond donors (Lipinski definition) is 1. The first-order valence-corrected chi connectivity index (χ1v) is 6.24. The van der Waals surface area contributed by atoms with Crippen LogP contribution >= 0.6 is 11.6 Å². The minimum atomic E-state index is -0.443. The number of nitrogens with zero attached hydrogens (tertiary/aromatic N) is 1. The summed E-state index contributed by atoms with van der Waals surface area (Å²) in [6, 6.07) is 5.06. The smallest absolute Gasteiger partial charge is 0.319 e. The van der Waals surface area contributed by atoms with E-state index in [2.05, 4.69) is 9.47 Å². The molecule has 7 heteroatoms. The molecule has 2 N–H and O–H groups in total. The van der Waals surface area contributed by atoms with Crippen molar-refractivity contribution in [2.45, 2.75) is 6.54 Å². The largest absolute Gasteiger partial charge is 0.468 e. The third kappa shape index (κ3) is 5.07. The van der Waals surface area contributed by atoms with Crippen LogP contribution < -0.4 is 5.73 Å². The highest BCUT2D eigenvalue weighted by Gasteiger charge is 2.16. The van der Waals surface area contributed by atoms with Gasteiger partial charge in [-0.15, -0.1) is 0 Å². The van der Waals surface area contributed by atoms with Crippen molar-refractivity contribution in [2.75, 3.05) is 33.0 Å². The highest BCUT2D eigenvalue weighted by molar-refractivity contribution is 6.30. The van der Waals surface area contributed by atoms with Crippen LogP contribution in [0.4, 0.5) is 5.69 Å². The standard InChI is InChI=1S/C13H17ClN2O4/c1-19-12(17)7-16(8-13(18)20-2)6-9-3-4-10(14)5-11(9)15/h3-5H,6-8,15H2,1-2H3. The Morgan fingerprint density at radius 1 is 1.20 bits per heavy atom. The summed E-state index contributed by atoms with van der Waals surface area (Å²) in [7, 11) is 2.57. The number of carbonyl (C=O) groups is 2. The zero-order valence-corrected chi connectivity index (χ0v) is 12.1. The van der Waals surface area contributed by atoms with Gasteiger partial charge in [0.2, 0.25) is 0 Å². The fraction of sp³-hybridized carbons (Fsp3) is 0.385. The van der Waals surface area contributed by atoms with E-state index in [1.807, 2.05) is 0 Å². The molecule has 0 fully saturated rings. The Kier molecular flexibility index (Phi) is 6.27. The molecule has 0 amide bonds. The lowest BCUT2D eigenvalue weighted by atomic mass is 10.1. The summed E-state index contributed by atoms with van der Waals surface area (Å²) < 4.78 is 9.20. The lowest BCUT2D eigenvalue weighted by Gasteiger charge is -2.20. The van der Waals surface area contributed by atoms with E-state index >= 15 is 0 Å². The number of nitrogen functional groups attached to an aromatic ring is 1. The first-order chi connectivity index (χ1) is 9.46. The highest BCUT2D eigenvalue weighted by Crippen LogP contribution is 2.19. The maximum Gasteiger partial charge on any atom is 0.319 e. The van der Waals surface area contributed by atoms with E-state index in [-0.39, 0.29) is 13.1 Å². The molecule has 0 spiro atoms. The van der Waals surface area contributed by atoms with Crippen molar-refractivity contribution in [1.82, 2.24) is 4.90 Å². The molecule has 0 unspecified atom stereocenters. The summed E-state index contributed by atoms with van der Waals surface area (Å²) in [4.78, 5) is 24.3. The van der Waals surface area contributed by atoms with Gasteiger partial charge in [-0.2, -0.15) is 0 Å². The second kappa shape index (κ2) is 7.72. The Hall–Kier alpha value is -1.79. The SMILES string of the molecule is COC(=O)CN(CC(=O)OC)Cc1ccc(Cl)cc1N. The number of methoxy groups -OCH3 is 2. The van der Waals surface area contributed by atoms with Crippen LogP contribution in [-0.4, -0.2) is 44.1 Å². The molecule has 20 heavy (non-hydrogen) atoms. The first kappa shape index (κ1) is 16.3. The van der Waals surface area contributed by atoms with E-state index in [0.29, 0.717) is 17.3 Å². The van der Waals surface area contributed by atoms with Crippen molar-refractivity contribution >= 4 is 29.2 Å². The minimum Gasteiger partial charge on any atom is -0.468 e. The number of esters is 2. The maximum atomic E-state index is 11.4. The average molecular weight is 301 g/mol. The van der Waals surface area contributed by atoms with E-state index in [9.17, 15) is 9.59 Å². The zero-order chi connectivity index (χ0) is 15.1. The third-order valence-corrected chi connectivity index (χ3v) is 2.90. The van der Waals surface area contributed by atoms with Crippen LogP contribution in [0.25, 0.3) is 0 Å². The molecule has 0 bridgehead atoms. The van der Waals surface area contributed by atoms with Crippen molar-refractivity contribution in [3.63, 3.8) is 0 Å². The van der Waals surface area contributed by atoms with Crippen molar-refractivity contribution in [3.8, 4) is 0 Å². The maximum absolute atomic E-state index is 11.4. The number of rotatable bonds is 6. The molecule has 0 aromatic heterocycles. The van der Waals surface area contributed by atoms with Gasteiger partial charge in [0.05, 0.1) is 27.3 Å². The van der Waals surface area contributed by atoms with E-state index in [0.717, 1.165) is 5.56 Å². The van der Waals surface area contributed by atoms with Crippen molar-refractivity contribution in [2.24, 2.45) is 0 Å². The van der Waals surface area contributed by atoms with Gasteiger partial charge in [0, 0.05) is 17.3 Å². The lowest BCUT2D eigenvalue weighted by molar-refractivity contribution is -0.145. The lowest BCUT2D eigenvalue weighted by Crippen LogP contribution is -2.35. The van der Waals surface area contributed by atoms with Gasteiger partial charge in [0.1, 0.15) is 0 Å². The quantitative estimate of drug-likeness (QED) is 0.625.